The van der Waals surface area contributed by atoms with E-state index in [4.69, 9.17) is 11.6 Å². The monoisotopic (exact) mass is 310 g/mol. The predicted octanol–water partition coefficient (Wildman–Crippen LogP) is 2.78. The molecule has 20 heavy (non-hydrogen) atoms. The molecule has 0 saturated heterocycles. The van der Waals surface area contributed by atoms with Crippen LogP contribution in [-0.4, -0.2) is 13.4 Å². The van der Waals surface area contributed by atoms with Crippen molar-refractivity contribution < 1.29 is 8.42 Å². The molecule has 2 aromatic rings. The van der Waals surface area contributed by atoms with Gasteiger partial charge in [-0.15, -0.1) is 0 Å². The summed E-state index contributed by atoms with van der Waals surface area (Å²) in [5.41, 5.74) is 2.10. The Labute approximate surface area is 123 Å². The van der Waals surface area contributed by atoms with Crippen molar-refractivity contribution in [2.24, 2.45) is 0 Å². The van der Waals surface area contributed by atoms with Crippen molar-refractivity contribution in [3.63, 3.8) is 0 Å². The molecule has 4 nitrogen and oxygen atoms in total. The van der Waals surface area contributed by atoms with E-state index in [1.807, 2.05) is 31.2 Å². The largest absolute Gasteiger partial charge is 0.243 e. The van der Waals surface area contributed by atoms with Gasteiger partial charge in [0, 0.05) is 12.7 Å². The third-order valence-corrected chi connectivity index (χ3v) is 4.57. The Balaban J connectivity index is 2.15. The summed E-state index contributed by atoms with van der Waals surface area (Å²) in [5.74, 6) is 0. The van der Waals surface area contributed by atoms with E-state index in [-0.39, 0.29) is 16.6 Å². The maximum Gasteiger partial charge on any atom is 0.242 e. The molecule has 0 aliphatic carbocycles. The van der Waals surface area contributed by atoms with E-state index in [0.717, 1.165) is 17.5 Å². The second kappa shape index (κ2) is 6.35. The summed E-state index contributed by atoms with van der Waals surface area (Å²) in [7, 11) is -3.57. The van der Waals surface area contributed by atoms with Gasteiger partial charge in [0.1, 0.15) is 10.0 Å². The van der Waals surface area contributed by atoms with E-state index in [2.05, 4.69) is 9.71 Å². The van der Waals surface area contributed by atoms with E-state index in [9.17, 15) is 8.42 Å². The summed E-state index contributed by atoms with van der Waals surface area (Å²) in [4.78, 5) is 3.89. The second-order valence-corrected chi connectivity index (χ2v) is 6.42. The first-order valence-corrected chi connectivity index (χ1v) is 8.07. The molecule has 1 heterocycles. The van der Waals surface area contributed by atoms with Gasteiger partial charge in [-0.05, 0) is 29.7 Å². The molecule has 0 spiro atoms. The first kappa shape index (κ1) is 15.0. The number of rotatable bonds is 5. The maximum absolute atomic E-state index is 12.1. The number of hydrogen-bond acceptors (Lipinski definition) is 3. The Bertz CT molecular complexity index is 685. The van der Waals surface area contributed by atoms with E-state index in [1.54, 1.807) is 0 Å². The highest BCUT2D eigenvalue weighted by Gasteiger charge is 2.14. The zero-order chi connectivity index (χ0) is 14.6. The van der Waals surface area contributed by atoms with Crippen molar-refractivity contribution in [1.82, 2.24) is 9.71 Å². The molecule has 0 radical (unpaired) electrons. The molecular weight excluding hydrogens is 296 g/mol. The second-order valence-electron chi connectivity index (χ2n) is 4.26. The highest BCUT2D eigenvalue weighted by Crippen LogP contribution is 2.13. The SMILES string of the molecule is CCc1ccccc1CNS(=O)(=O)c1ccc(Cl)nc1. The van der Waals surface area contributed by atoms with Gasteiger partial charge in [-0.25, -0.2) is 18.1 Å². The summed E-state index contributed by atoms with van der Waals surface area (Å²) in [5, 5.41) is 0.264. The number of nitrogens with one attached hydrogen (secondary N) is 1. The first-order chi connectivity index (χ1) is 9.53. The van der Waals surface area contributed by atoms with Gasteiger partial charge in [-0.2, -0.15) is 0 Å². The summed E-state index contributed by atoms with van der Waals surface area (Å²) < 4.78 is 26.8. The molecule has 1 aromatic carbocycles. The molecule has 0 aliphatic heterocycles. The Morgan fingerprint density at radius 2 is 1.85 bits per heavy atom. The van der Waals surface area contributed by atoms with Gasteiger partial charge in [-0.1, -0.05) is 42.8 Å². The standard InChI is InChI=1S/C14H15ClN2O2S/c1-2-11-5-3-4-6-12(11)9-17-20(18,19)13-7-8-14(15)16-10-13/h3-8,10,17H,2,9H2,1H3. The molecule has 0 bridgehead atoms. The lowest BCUT2D eigenvalue weighted by atomic mass is 10.1. The third kappa shape index (κ3) is 3.56. The lowest BCUT2D eigenvalue weighted by molar-refractivity contribution is 0.580. The molecular formula is C14H15ClN2O2S. The van der Waals surface area contributed by atoms with Crippen molar-refractivity contribution >= 4 is 21.6 Å². The average molecular weight is 311 g/mol. The Morgan fingerprint density at radius 1 is 1.15 bits per heavy atom. The topological polar surface area (TPSA) is 59.1 Å². The smallest absolute Gasteiger partial charge is 0.242 e. The van der Waals surface area contributed by atoms with Crippen LogP contribution in [0.3, 0.4) is 0 Å². The van der Waals surface area contributed by atoms with Crippen molar-refractivity contribution in [2.45, 2.75) is 24.8 Å². The number of aryl methyl sites for hydroxylation is 1. The molecule has 0 aliphatic rings. The van der Waals surface area contributed by atoms with Gasteiger partial charge in [-0.3, -0.25) is 0 Å². The number of nitrogens with zero attached hydrogens (tertiary/aromatic N) is 1. The summed E-state index contributed by atoms with van der Waals surface area (Å²) in [6.07, 6.45) is 2.11. The van der Waals surface area contributed by atoms with Gasteiger partial charge >= 0.3 is 0 Å². The minimum atomic E-state index is -3.57. The van der Waals surface area contributed by atoms with Crippen LogP contribution in [0.5, 0.6) is 0 Å². The molecule has 0 saturated carbocycles. The molecule has 106 valence electrons. The number of pyridine rings is 1. The van der Waals surface area contributed by atoms with Crippen LogP contribution in [0.15, 0.2) is 47.5 Å². The molecule has 0 unspecified atom stereocenters. The minimum absolute atomic E-state index is 0.107. The highest BCUT2D eigenvalue weighted by molar-refractivity contribution is 7.89. The summed E-state index contributed by atoms with van der Waals surface area (Å²) in [6.45, 7) is 2.30. The van der Waals surface area contributed by atoms with Crippen LogP contribution in [0.4, 0.5) is 0 Å². The number of hydrogen-bond donors (Lipinski definition) is 1. The normalized spacial score (nSPS) is 11.5. The van der Waals surface area contributed by atoms with Crippen LogP contribution in [0.25, 0.3) is 0 Å². The molecule has 1 aromatic heterocycles. The number of benzene rings is 1. The van der Waals surface area contributed by atoms with Crippen molar-refractivity contribution in [1.29, 1.82) is 0 Å². The fraction of sp³-hybridized carbons (Fsp3) is 0.214. The minimum Gasteiger partial charge on any atom is -0.243 e. The highest BCUT2D eigenvalue weighted by atomic mass is 35.5. The van der Waals surface area contributed by atoms with Crippen LogP contribution in [0, 0.1) is 0 Å². The lowest BCUT2D eigenvalue weighted by Gasteiger charge is -2.09. The predicted molar refractivity (Wildman–Crippen MR) is 79.1 cm³/mol. The number of sulfonamides is 1. The van der Waals surface area contributed by atoms with Crippen LogP contribution in [0.2, 0.25) is 5.15 Å². The van der Waals surface area contributed by atoms with Gasteiger partial charge in [0.15, 0.2) is 0 Å². The number of aromatic nitrogens is 1. The molecule has 0 fully saturated rings. The molecule has 1 N–H and O–H groups in total. The van der Waals surface area contributed by atoms with E-state index < -0.39 is 10.0 Å². The van der Waals surface area contributed by atoms with E-state index in [0.29, 0.717) is 0 Å². The van der Waals surface area contributed by atoms with Gasteiger partial charge in [0.05, 0.1) is 0 Å². The summed E-state index contributed by atoms with van der Waals surface area (Å²) in [6, 6.07) is 10.6. The van der Waals surface area contributed by atoms with Gasteiger partial charge in [0.25, 0.3) is 0 Å². The zero-order valence-corrected chi connectivity index (χ0v) is 12.6. The van der Waals surface area contributed by atoms with Gasteiger partial charge in [0.2, 0.25) is 10.0 Å². The molecule has 0 amide bonds. The third-order valence-electron chi connectivity index (χ3n) is 2.96. The van der Waals surface area contributed by atoms with Crippen LogP contribution in [-0.2, 0) is 23.0 Å². The van der Waals surface area contributed by atoms with Crippen LogP contribution >= 0.6 is 11.6 Å². The number of halogens is 1. The maximum atomic E-state index is 12.1. The van der Waals surface area contributed by atoms with E-state index in [1.165, 1.54) is 18.3 Å². The fourth-order valence-corrected chi connectivity index (χ4v) is 2.91. The van der Waals surface area contributed by atoms with E-state index >= 15 is 0 Å². The van der Waals surface area contributed by atoms with Gasteiger partial charge < -0.3 is 0 Å². The molecule has 6 heteroatoms. The summed E-state index contributed by atoms with van der Waals surface area (Å²) >= 11 is 5.65. The average Bonchev–Trinajstić information content (AvgIpc) is 2.46. The fourth-order valence-electron chi connectivity index (χ4n) is 1.85. The first-order valence-electron chi connectivity index (χ1n) is 6.21. The van der Waals surface area contributed by atoms with Crippen molar-refractivity contribution in [3.8, 4) is 0 Å². The lowest BCUT2D eigenvalue weighted by Crippen LogP contribution is -2.23. The van der Waals surface area contributed by atoms with Crippen LogP contribution in [0.1, 0.15) is 18.1 Å². The molecule has 2 rings (SSSR count). The Kier molecular flexibility index (Phi) is 4.75. The Morgan fingerprint density at radius 3 is 2.45 bits per heavy atom. The van der Waals surface area contributed by atoms with Crippen molar-refractivity contribution in [2.75, 3.05) is 0 Å². The zero-order valence-electron chi connectivity index (χ0n) is 11.0. The van der Waals surface area contributed by atoms with Crippen molar-refractivity contribution in [3.05, 3.63) is 58.9 Å². The van der Waals surface area contributed by atoms with Crippen LogP contribution < -0.4 is 4.72 Å². The quantitative estimate of drug-likeness (QED) is 0.864. The molecule has 0 atom stereocenters. The Hall–Kier alpha value is -1.43.